The van der Waals surface area contributed by atoms with E-state index in [9.17, 15) is 14.3 Å². The lowest BCUT2D eigenvalue weighted by Gasteiger charge is -2.24. The van der Waals surface area contributed by atoms with E-state index in [2.05, 4.69) is 11.9 Å². The van der Waals surface area contributed by atoms with Gasteiger partial charge in [0, 0.05) is 12.3 Å². The lowest BCUT2D eigenvalue weighted by molar-refractivity contribution is -0.122. The number of nitrogens with one attached hydrogen (secondary N) is 1. The molecular formula is C20H22FNO2. The first kappa shape index (κ1) is 17.9. The summed E-state index contributed by atoms with van der Waals surface area (Å²) in [5, 5.41) is 13.2. The van der Waals surface area contributed by atoms with Gasteiger partial charge in [0.1, 0.15) is 11.4 Å². The second kappa shape index (κ2) is 7.88. The Balaban J connectivity index is 1.94. The Hall–Kier alpha value is -2.46. The summed E-state index contributed by atoms with van der Waals surface area (Å²) < 4.78 is 13.0. The molecule has 0 saturated heterocycles. The van der Waals surface area contributed by atoms with Gasteiger partial charge in [-0.05, 0) is 30.2 Å². The first-order chi connectivity index (χ1) is 11.4. The van der Waals surface area contributed by atoms with Crippen molar-refractivity contribution < 1.29 is 14.3 Å². The first-order valence-electron chi connectivity index (χ1n) is 7.85. The summed E-state index contributed by atoms with van der Waals surface area (Å²) >= 11 is 0. The third-order valence-corrected chi connectivity index (χ3v) is 4.01. The SMILES string of the molecule is C=CC(CC(=O)NCC(C)(O)c1ccc(F)cc1)c1ccccc1. The van der Waals surface area contributed by atoms with Crippen LogP contribution < -0.4 is 5.32 Å². The van der Waals surface area contributed by atoms with Gasteiger partial charge in [-0.15, -0.1) is 6.58 Å². The van der Waals surface area contributed by atoms with Crippen LogP contribution in [0.1, 0.15) is 30.4 Å². The number of hydrogen-bond acceptors (Lipinski definition) is 2. The van der Waals surface area contributed by atoms with Gasteiger partial charge in [0.2, 0.25) is 5.91 Å². The van der Waals surface area contributed by atoms with Crippen molar-refractivity contribution in [2.45, 2.75) is 24.9 Å². The molecule has 0 aromatic heterocycles. The average Bonchev–Trinajstić information content (AvgIpc) is 2.59. The highest BCUT2D eigenvalue weighted by Crippen LogP contribution is 2.22. The molecule has 126 valence electrons. The van der Waals surface area contributed by atoms with Crippen molar-refractivity contribution in [3.8, 4) is 0 Å². The van der Waals surface area contributed by atoms with Crippen LogP contribution in [0.2, 0.25) is 0 Å². The van der Waals surface area contributed by atoms with Crippen molar-refractivity contribution in [1.82, 2.24) is 5.32 Å². The average molecular weight is 327 g/mol. The third kappa shape index (κ3) is 4.77. The van der Waals surface area contributed by atoms with Crippen LogP contribution >= 0.6 is 0 Å². The third-order valence-electron chi connectivity index (χ3n) is 4.01. The Morgan fingerprint density at radius 2 is 1.88 bits per heavy atom. The predicted molar refractivity (Wildman–Crippen MR) is 93.0 cm³/mol. The van der Waals surface area contributed by atoms with Crippen LogP contribution in [0.25, 0.3) is 0 Å². The van der Waals surface area contributed by atoms with Crippen LogP contribution in [0.5, 0.6) is 0 Å². The number of aliphatic hydroxyl groups is 1. The fourth-order valence-electron chi connectivity index (χ4n) is 2.49. The van der Waals surface area contributed by atoms with Crippen LogP contribution in [0.3, 0.4) is 0 Å². The molecule has 0 aliphatic heterocycles. The lowest BCUT2D eigenvalue weighted by Crippen LogP contribution is -2.39. The molecule has 24 heavy (non-hydrogen) atoms. The van der Waals surface area contributed by atoms with Gasteiger partial charge in [-0.1, -0.05) is 48.5 Å². The minimum Gasteiger partial charge on any atom is -0.384 e. The van der Waals surface area contributed by atoms with E-state index in [1.807, 2.05) is 30.3 Å². The monoisotopic (exact) mass is 327 g/mol. The first-order valence-corrected chi connectivity index (χ1v) is 7.85. The molecule has 2 N–H and O–H groups in total. The van der Waals surface area contributed by atoms with E-state index in [1.54, 1.807) is 13.0 Å². The standard InChI is InChI=1S/C20H22FNO2/c1-3-15(16-7-5-4-6-8-16)13-19(23)22-14-20(2,24)17-9-11-18(21)12-10-17/h3-12,15,24H,1,13-14H2,2H3,(H,22,23). The van der Waals surface area contributed by atoms with Crippen LogP contribution in [0.15, 0.2) is 67.3 Å². The Morgan fingerprint density at radius 3 is 2.46 bits per heavy atom. The number of rotatable bonds is 7. The molecule has 2 aromatic rings. The quantitative estimate of drug-likeness (QED) is 0.765. The van der Waals surface area contributed by atoms with Gasteiger partial charge in [0.05, 0.1) is 6.54 Å². The predicted octanol–water partition coefficient (Wildman–Crippen LogP) is 3.51. The number of amides is 1. The minimum absolute atomic E-state index is 0.0517. The van der Waals surface area contributed by atoms with Gasteiger partial charge < -0.3 is 10.4 Å². The number of allylic oxidation sites excluding steroid dienone is 1. The van der Waals surface area contributed by atoms with Gasteiger partial charge in [0.15, 0.2) is 0 Å². The fourth-order valence-corrected chi connectivity index (χ4v) is 2.49. The number of carbonyl (C=O) groups is 1. The number of hydrogen-bond donors (Lipinski definition) is 2. The fraction of sp³-hybridized carbons (Fsp3) is 0.250. The Labute approximate surface area is 141 Å². The maximum absolute atomic E-state index is 13.0. The van der Waals surface area contributed by atoms with Gasteiger partial charge in [-0.25, -0.2) is 4.39 Å². The largest absolute Gasteiger partial charge is 0.384 e. The van der Waals surface area contributed by atoms with E-state index >= 15 is 0 Å². The molecule has 0 saturated carbocycles. The maximum atomic E-state index is 13.0. The summed E-state index contributed by atoms with van der Waals surface area (Å²) in [5.74, 6) is -0.622. The molecule has 2 rings (SSSR count). The van der Waals surface area contributed by atoms with E-state index in [4.69, 9.17) is 0 Å². The van der Waals surface area contributed by atoms with E-state index in [0.29, 0.717) is 5.56 Å². The van der Waals surface area contributed by atoms with Crippen LogP contribution in [0.4, 0.5) is 4.39 Å². The molecule has 2 aromatic carbocycles. The second-order valence-electron chi connectivity index (χ2n) is 6.01. The van der Waals surface area contributed by atoms with Crippen LogP contribution in [-0.2, 0) is 10.4 Å². The highest BCUT2D eigenvalue weighted by Gasteiger charge is 2.24. The minimum atomic E-state index is -1.26. The molecule has 2 unspecified atom stereocenters. The van der Waals surface area contributed by atoms with E-state index in [0.717, 1.165) is 5.56 Å². The Kier molecular flexibility index (Phi) is 5.88. The van der Waals surface area contributed by atoms with Gasteiger partial charge >= 0.3 is 0 Å². The van der Waals surface area contributed by atoms with Crippen molar-refractivity contribution in [3.63, 3.8) is 0 Å². The molecule has 0 heterocycles. The zero-order valence-electron chi connectivity index (χ0n) is 13.7. The van der Waals surface area contributed by atoms with Gasteiger partial charge in [-0.2, -0.15) is 0 Å². The lowest BCUT2D eigenvalue weighted by atomic mass is 9.94. The second-order valence-corrected chi connectivity index (χ2v) is 6.01. The Morgan fingerprint density at radius 1 is 1.25 bits per heavy atom. The highest BCUT2D eigenvalue weighted by atomic mass is 19.1. The molecule has 0 radical (unpaired) electrons. The summed E-state index contributed by atoms with van der Waals surface area (Å²) in [6.07, 6.45) is 2.00. The topological polar surface area (TPSA) is 49.3 Å². The zero-order valence-corrected chi connectivity index (χ0v) is 13.7. The maximum Gasteiger partial charge on any atom is 0.221 e. The molecule has 0 aliphatic carbocycles. The number of halogens is 1. The Bertz CT molecular complexity index is 681. The zero-order chi connectivity index (χ0) is 17.6. The van der Waals surface area contributed by atoms with E-state index < -0.39 is 5.60 Å². The normalized spacial score (nSPS) is 14.5. The van der Waals surface area contributed by atoms with Crippen molar-refractivity contribution in [1.29, 1.82) is 0 Å². The van der Waals surface area contributed by atoms with E-state index in [-0.39, 0.29) is 30.6 Å². The van der Waals surface area contributed by atoms with Crippen molar-refractivity contribution >= 4 is 5.91 Å². The van der Waals surface area contributed by atoms with Gasteiger partial charge in [-0.3, -0.25) is 4.79 Å². The molecule has 3 nitrogen and oxygen atoms in total. The van der Waals surface area contributed by atoms with E-state index in [1.165, 1.54) is 24.3 Å². The molecule has 0 spiro atoms. The molecule has 0 aliphatic rings. The van der Waals surface area contributed by atoms with Crippen LogP contribution in [-0.4, -0.2) is 17.6 Å². The summed E-state index contributed by atoms with van der Waals surface area (Å²) in [6.45, 7) is 5.43. The van der Waals surface area contributed by atoms with Crippen molar-refractivity contribution in [2.24, 2.45) is 0 Å². The summed E-state index contributed by atoms with van der Waals surface area (Å²) in [7, 11) is 0. The molecule has 0 bridgehead atoms. The van der Waals surface area contributed by atoms with Crippen LogP contribution in [0, 0.1) is 5.82 Å². The highest BCUT2D eigenvalue weighted by molar-refractivity contribution is 5.77. The molecule has 2 atom stereocenters. The smallest absolute Gasteiger partial charge is 0.221 e. The molecule has 0 fully saturated rings. The summed E-state index contributed by atoms with van der Waals surface area (Å²) in [5.41, 5.74) is 0.306. The van der Waals surface area contributed by atoms with Gasteiger partial charge in [0.25, 0.3) is 0 Å². The van der Waals surface area contributed by atoms with Crippen molar-refractivity contribution in [2.75, 3.05) is 6.54 Å². The van der Waals surface area contributed by atoms with Crippen molar-refractivity contribution in [3.05, 3.63) is 84.2 Å². The summed E-state index contributed by atoms with van der Waals surface area (Å²) in [4.78, 5) is 12.2. The number of benzene rings is 2. The molecule has 4 heteroatoms. The summed E-state index contributed by atoms with van der Waals surface area (Å²) in [6, 6.07) is 15.3. The molecule has 1 amide bonds. The number of carbonyl (C=O) groups excluding carboxylic acids is 1. The molecular weight excluding hydrogens is 305 g/mol.